The van der Waals surface area contributed by atoms with Crippen LogP contribution in [0.3, 0.4) is 0 Å². The Balaban J connectivity index is 2.27. The lowest BCUT2D eigenvalue weighted by molar-refractivity contribution is 0.591. The van der Waals surface area contributed by atoms with Gasteiger partial charge in [0.2, 0.25) is 0 Å². The topological polar surface area (TPSA) is 12.9 Å². The maximum absolute atomic E-state index is 14.0. The predicted molar refractivity (Wildman–Crippen MR) is 86.2 cm³/mol. The Morgan fingerprint density at radius 2 is 1.77 bits per heavy atom. The van der Waals surface area contributed by atoms with Gasteiger partial charge in [-0.25, -0.2) is 13.8 Å². The van der Waals surface area contributed by atoms with Crippen LogP contribution >= 0.6 is 11.6 Å². The predicted octanol–water partition coefficient (Wildman–Crippen LogP) is 5.70. The molecular weight excluding hydrogens is 304 g/mol. The summed E-state index contributed by atoms with van der Waals surface area (Å²) in [6.45, 7) is 3.87. The molecule has 22 heavy (non-hydrogen) atoms. The van der Waals surface area contributed by atoms with Gasteiger partial charge in [0, 0.05) is 17.7 Å². The Kier molecular flexibility index (Phi) is 3.83. The van der Waals surface area contributed by atoms with Gasteiger partial charge in [-0.1, -0.05) is 42.8 Å². The number of rotatable bonds is 2. The third kappa shape index (κ3) is 2.46. The second-order valence-corrected chi connectivity index (χ2v) is 5.61. The Bertz CT molecular complexity index is 857. The van der Waals surface area contributed by atoms with Gasteiger partial charge in [0.25, 0.3) is 0 Å². The quantitative estimate of drug-likeness (QED) is 0.590. The highest BCUT2D eigenvalue weighted by Crippen LogP contribution is 2.34. The second kappa shape index (κ2) is 5.65. The molecule has 0 saturated heterocycles. The summed E-state index contributed by atoms with van der Waals surface area (Å²) in [5.41, 5.74) is 3.64. The lowest BCUT2D eigenvalue weighted by Crippen LogP contribution is -1.95. The van der Waals surface area contributed by atoms with Gasteiger partial charge in [0.1, 0.15) is 11.6 Å². The van der Waals surface area contributed by atoms with Crippen LogP contribution in [0.2, 0.25) is 5.02 Å². The third-order valence-electron chi connectivity index (χ3n) is 3.81. The van der Waals surface area contributed by atoms with Crippen LogP contribution in [0.4, 0.5) is 8.78 Å². The minimum Gasteiger partial charge on any atom is -0.247 e. The fraction of sp³-hybridized carbons (Fsp3) is 0.167. The largest absolute Gasteiger partial charge is 0.247 e. The number of fused-ring (bicyclic) bond motifs is 1. The van der Waals surface area contributed by atoms with Gasteiger partial charge in [-0.3, -0.25) is 0 Å². The number of aromatic nitrogens is 1. The molecule has 1 aromatic heterocycles. The molecule has 0 bridgehead atoms. The molecule has 0 atom stereocenters. The van der Waals surface area contributed by atoms with Crippen LogP contribution in [0.15, 0.2) is 36.4 Å². The first kappa shape index (κ1) is 14.9. The molecule has 0 N–H and O–H groups in total. The summed E-state index contributed by atoms with van der Waals surface area (Å²) in [4.78, 5) is 4.42. The van der Waals surface area contributed by atoms with E-state index in [9.17, 15) is 8.78 Å². The maximum Gasteiger partial charge on any atom is 0.137 e. The van der Waals surface area contributed by atoms with Crippen molar-refractivity contribution in [2.24, 2.45) is 0 Å². The van der Waals surface area contributed by atoms with Crippen molar-refractivity contribution in [2.45, 2.75) is 20.3 Å². The van der Waals surface area contributed by atoms with E-state index in [4.69, 9.17) is 11.6 Å². The minimum atomic E-state index is -0.691. The van der Waals surface area contributed by atoms with E-state index in [2.05, 4.69) is 11.9 Å². The van der Waals surface area contributed by atoms with Crippen LogP contribution in [-0.4, -0.2) is 4.98 Å². The van der Waals surface area contributed by atoms with Crippen molar-refractivity contribution in [3.05, 3.63) is 64.2 Å². The standard InChI is InChI=1S/C18H14ClF2N/c1-3-11-4-6-12(7-5-11)18-10(2)17(19)16-14(21)8-13(20)9-15(16)22-18/h4-9H,3H2,1-2H3. The summed E-state index contributed by atoms with van der Waals surface area (Å²) in [6.07, 6.45) is 0.946. The normalized spacial score (nSPS) is 11.1. The molecule has 0 aliphatic rings. The molecule has 0 unspecified atom stereocenters. The highest BCUT2D eigenvalue weighted by Gasteiger charge is 2.16. The lowest BCUT2D eigenvalue weighted by Gasteiger charge is -2.11. The Morgan fingerprint density at radius 3 is 2.41 bits per heavy atom. The molecule has 0 radical (unpaired) electrons. The van der Waals surface area contributed by atoms with Crippen LogP contribution in [0.5, 0.6) is 0 Å². The zero-order chi connectivity index (χ0) is 15.9. The van der Waals surface area contributed by atoms with E-state index >= 15 is 0 Å². The first-order chi connectivity index (χ1) is 10.5. The summed E-state index contributed by atoms with van der Waals surface area (Å²) in [6, 6.07) is 9.96. The highest BCUT2D eigenvalue weighted by molar-refractivity contribution is 6.36. The van der Waals surface area contributed by atoms with Crippen LogP contribution < -0.4 is 0 Å². The van der Waals surface area contributed by atoms with Crippen LogP contribution in [0, 0.1) is 18.6 Å². The van der Waals surface area contributed by atoms with E-state index in [1.54, 1.807) is 6.92 Å². The van der Waals surface area contributed by atoms with Gasteiger partial charge in [0.15, 0.2) is 0 Å². The van der Waals surface area contributed by atoms with E-state index < -0.39 is 11.6 Å². The fourth-order valence-electron chi connectivity index (χ4n) is 2.54. The van der Waals surface area contributed by atoms with Crippen molar-refractivity contribution in [3.63, 3.8) is 0 Å². The second-order valence-electron chi connectivity index (χ2n) is 5.23. The number of pyridine rings is 1. The molecule has 0 spiro atoms. The molecule has 0 amide bonds. The molecule has 0 aliphatic carbocycles. The number of nitrogens with zero attached hydrogens (tertiary/aromatic N) is 1. The zero-order valence-corrected chi connectivity index (χ0v) is 13.0. The monoisotopic (exact) mass is 317 g/mol. The summed E-state index contributed by atoms with van der Waals surface area (Å²) in [5, 5.41) is 0.437. The molecule has 0 saturated carbocycles. The summed E-state index contributed by atoms with van der Waals surface area (Å²) < 4.78 is 27.4. The van der Waals surface area contributed by atoms with Crippen molar-refractivity contribution in [1.29, 1.82) is 0 Å². The van der Waals surface area contributed by atoms with Gasteiger partial charge >= 0.3 is 0 Å². The van der Waals surface area contributed by atoms with Gasteiger partial charge in [-0.05, 0) is 24.5 Å². The third-order valence-corrected chi connectivity index (χ3v) is 4.28. The van der Waals surface area contributed by atoms with E-state index in [-0.39, 0.29) is 15.9 Å². The molecule has 1 heterocycles. The Morgan fingerprint density at radius 1 is 1.09 bits per heavy atom. The van der Waals surface area contributed by atoms with Crippen LogP contribution in [0.25, 0.3) is 22.2 Å². The van der Waals surface area contributed by atoms with Gasteiger partial charge in [-0.2, -0.15) is 0 Å². The first-order valence-corrected chi connectivity index (χ1v) is 7.43. The maximum atomic E-state index is 14.0. The number of benzene rings is 2. The first-order valence-electron chi connectivity index (χ1n) is 7.05. The smallest absolute Gasteiger partial charge is 0.137 e. The summed E-state index contributed by atoms with van der Waals surface area (Å²) in [7, 11) is 0. The lowest BCUT2D eigenvalue weighted by atomic mass is 10.0. The number of halogens is 3. The molecule has 0 fully saturated rings. The Hall–Kier alpha value is -2.00. The molecule has 112 valence electrons. The number of aryl methyl sites for hydroxylation is 1. The van der Waals surface area contributed by atoms with Gasteiger partial charge < -0.3 is 0 Å². The highest BCUT2D eigenvalue weighted by atomic mass is 35.5. The van der Waals surface area contributed by atoms with Crippen molar-refractivity contribution >= 4 is 22.5 Å². The molecule has 4 heteroatoms. The Labute approximate surface area is 132 Å². The van der Waals surface area contributed by atoms with Crippen molar-refractivity contribution < 1.29 is 8.78 Å². The molecule has 1 nitrogen and oxygen atoms in total. The molecule has 3 aromatic rings. The SMILES string of the molecule is CCc1ccc(-c2nc3cc(F)cc(F)c3c(Cl)c2C)cc1. The van der Waals surface area contributed by atoms with E-state index in [1.807, 2.05) is 24.3 Å². The van der Waals surface area contributed by atoms with Gasteiger partial charge in [-0.15, -0.1) is 0 Å². The number of hydrogen-bond donors (Lipinski definition) is 0. The molecular formula is C18H14ClF2N. The molecule has 2 aromatic carbocycles. The summed E-state index contributed by atoms with van der Waals surface area (Å²) >= 11 is 6.29. The van der Waals surface area contributed by atoms with Crippen molar-refractivity contribution in [2.75, 3.05) is 0 Å². The minimum absolute atomic E-state index is 0.162. The van der Waals surface area contributed by atoms with E-state index in [0.29, 0.717) is 11.3 Å². The van der Waals surface area contributed by atoms with Crippen LogP contribution in [-0.2, 0) is 6.42 Å². The average molecular weight is 318 g/mol. The van der Waals surface area contributed by atoms with E-state index in [1.165, 1.54) is 11.6 Å². The van der Waals surface area contributed by atoms with Crippen molar-refractivity contribution in [1.82, 2.24) is 4.98 Å². The molecule has 3 rings (SSSR count). The average Bonchev–Trinajstić information content (AvgIpc) is 2.50. The molecule has 0 aliphatic heterocycles. The van der Waals surface area contributed by atoms with Gasteiger partial charge in [0.05, 0.1) is 21.6 Å². The zero-order valence-electron chi connectivity index (χ0n) is 12.3. The van der Waals surface area contributed by atoms with Crippen molar-refractivity contribution in [3.8, 4) is 11.3 Å². The van der Waals surface area contributed by atoms with Crippen LogP contribution in [0.1, 0.15) is 18.1 Å². The van der Waals surface area contributed by atoms with E-state index in [0.717, 1.165) is 18.1 Å². The summed E-state index contributed by atoms with van der Waals surface area (Å²) in [5.74, 6) is -1.35. The fourth-order valence-corrected chi connectivity index (χ4v) is 2.82. The number of hydrogen-bond acceptors (Lipinski definition) is 1.